The highest BCUT2D eigenvalue weighted by molar-refractivity contribution is 5.46. The molecule has 0 atom stereocenters. The summed E-state index contributed by atoms with van der Waals surface area (Å²) < 4.78 is 0. The van der Waals surface area contributed by atoms with Crippen molar-refractivity contribution in [3.05, 3.63) is 59.0 Å². The molecular formula is C13H14. The topological polar surface area (TPSA) is 0 Å². The molecule has 0 nitrogen and oxygen atoms in total. The molecule has 0 spiro atoms. The molecule has 0 aromatic heterocycles. The average molecular weight is 170 g/mol. The molecule has 0 amide bonds. The van der Waals surface area contributed by atoms with Gasteiger partial charge in [0.15, 0.2) is 0 Å². The van der Waals surface area contributed by atoms with E-state index in [-0.39, 0.29) is 0 Å². The predicted octanol–water partition coefficient (Wildman–Crippen LogP) is 2.01. The molecule has 0 heteroatoms. The van der Waals surface area contributed by atoms with Gasteiger partial charge in [-0.3, -0.25) is 0 Å². The van der Waals surface area contributed by atoms with Crippen molar-refractivity contribution in [2.75, 3.05) is 0 Å². The first-order valence-corrected chi connectivity index (χ1v) is 4.29. The van der Waals surface area contributed by atoms with Crippen LogP contribution in [0, 0.1) is 0 Å². The summed E-state index contributed by atoms with van der Waals surface area (Å²) in [5, 5.41) is 2.22. The Labute approximate surface area is 79.2 Å². The number of benzene rings is 1. The summed E-state index contributed by atoms with van der Waals surface area (Å²) in [7, 11) is 0. The molecule has 1 aromatic carbocycles. The second kappa shape index (κ2) is 4.46. The highest BCUT2D eigenvalue weighted by atomic mass is 13.9. The summed E-state index contributed by atoms with van der Waals surface area (Å²) >= 11 is 0. The Bertz CT molecular complexity index is 422. The van der Waals surface area contributed by atoms with Gasteiger partial charge in [0.2, 0.25) is 0 Å². The number of allylic oxidation sites excluding steroid dienone is 3. The third-order valence-corrected chi connectivity index (χ3v) is 1.82. The van der Waals surface area contributed by atoms with Gasteiger partial charge in [0.25, 0.3) is 0 Å². The molecule has 0 aliphatic carbocycles. The van der Waals surface area contributed by atoms with Gasteiger partial charge in [-0.1, -0.05) is 61.2 Å². The second-order valence-electron chi connectivity index (χ2n) is 2.99. The number of hydrogen-bond acceptors (Lipinski definition) is 0. The molecule has 66 valence electrons. The van der Waals surface area contributed by atoms with Crippen LogP contribution in [0.2, 0.25) is 0 Å². The van der Waals surface area contributed by atoms with E-state index in [1.165, 1.54) is 5.57 Å². The molecule has 13 heavy (non-hydrogen) atoms. The zero-order valence-corrected chi connectivity index (χ0v) is 7.96. The molecule has 0 radical (unpaired) electrons. The first kappa shape index (κ1) is 9.53. The first-order chi connectivity index (χ1) is 6.24. The van der Waals surface area contributed by atoms with Crippen molar-refractivity contribution < 1.29 is 0 Å². The molecule has 0 saturated carbocycles. The summed E-state index contributed by atoms with van der Waals surface area (Å²) in [5.74, 6) is 0. The van der Waals surface area contributed by atoms with Gasteiger partial charge < -0.3 is 0 Å². The summed E-state index contributed by atoms with van der Waals surface area (Å²) in [6.45, 7) is 9.65. The maximum atomic E-state index is 3.95. The van der Waals surface area contributed by atoms with Gasteiger partial charge in [0, 0.05) is 0 Å². The second-order valence-corrected chi connectivity index (χ2v) is 2.99. The lowest BCUT2D eigenvalue weighted by atomic mass is 10.2. The van der Waals surface area contributed by atoms with Crippen molar-refractivity contribution in [2.24, 2.45) is 0 Å². The van der Waals surface area contributed by atoms with Crippen LogP contribution in [0.25, 0.3) is 12.7 Å². The zero-order chi connectivity index (χ0) is 9.68. The van der Waals surface area contributed by atoms with Crippen LogP contribution >= 0.6 is 0 Å². The van der Waals surface area contributed by atoms with Gasteiger partial charge >= 0.3 is 0 Å². The molecular weight excluding hydrogens is 156 g/mol. The monoisotopic (exact) mass is 170 g/mol. The fourth-order valence-electron chi connectivity index (χ4n) is 1.15. The largest absolute Gasteiger partial charge is 0.0991 e. The van der Waals surface area contributed by atoms with E-state index in [9.17, 15) is 0 Å². The Morgan fingerprint density at radius 2 is 2.00 bits per heavy atom. The molecule has 0 aliphatic rings. The van der Waals surface area contributed by atoms with E-state index in [1.807, 2.05) is 31.2 Å². The third kappa shape index (κ3) is 2.75. The Morgan fingerprint density at radius 3 is 2.62 bits per heavy atom. The van der Waals surface area contributed by atoms with E-state index < -0.39 is 0 Å². The van der Waals surface area contributed by atoms with Crippen LogP contribution in [-0.2, 0) is 0 Å². The van der Waals surface area contributed by atoms with E-state index in [2.05, 4.69) is 25.3 Å². The van der Waals surface area contributed by atoms with Gasteiger partial charge in [-0.25, -0.2) is 0 Å². The van der Waals surface area contributed by atoms with E-state index in [0.29, 0.717) is 0 Å². The van der Waals surface area contributed by atoms with Crippen molar-refractivity contribution in [1.82, 2.24) is 0 Å². The first-order valence-electron chi connectivity index (χ1n) is 4.29. The molecule has 0 fully saturated rings. The van der Waals surface area contributed by atoms with Crippen molar-refractivity contribution in [1.29, 1.82) is 0 Å². The SMILES string of the molecule is C=C/C=C(C)\C=c1\ccccc1=C. The lowest BCUT2D eigenvalue weighted by Crippen LogP contribution is -2.21. The van der Waals surface area contributed by atoms with Crippen LogP contribution in [0.4, 0.5) is 0 Å². The average Bonchev–Trinajstić information content (AvgIpc) is 2.09. The Kier molecular flexibility index (Phi) is 3.27. The molecule has 0 saturated heterocycles. The van der Waals surface area contributed by atoms with Crippen LogP contribution in [0.1, 0.15) is 6.92 Å². The molecule has 1 aromatic rings. The van der Waals surface area contributed by atoms with Gasteiger partial charge in [0.05, 0.1) is 0 Å². The fraction of sp³-hybridized carbons (Fsp3) is 0.0769. The highest BCUT2D eigenvalue weighted by Crippen LogP contribution is 1.92. The summed E-state index contributed by atoms with van der Waals surface area (Å²) in [4.78, 5) is 0. The third-order valence-electron chi connectivity index (χ3n) is 1.82. The van der Waals surface area contributed by atoms with E-state index in [4.69, 9.17) is 0 Å². The summed E-state index contributed by atoms with van der Waals surface area (Å²) in [5.41, 5.74) is 1.19. The van der Waals surface area contributed by atoms with Crippen LogP contribution in [0.3, 0.4) is 0 Å². The predicted molar refractivity (Wildman–Crippen MR) is 59.6 cm³/mol. The van der Waals surface area contributed by atoms with Crippen LogP contribution in [-0.4, -0.2) is 0 Å². The lowest BCUT2D eigenvalue weighted by molar-refractivity contribution is 1.49. The van der Waals surface area contributed by atoms with Gasteiger partial charge in [0.1, 0.15) is 0 Å². The molecule has 0 bridgehead atoms. The maximum Gasteiger partial charge on any atom is -0.0187 e. The standard InChI is InChI=1S/C13H14/c1-4-7-11(2)10-13-9-6-5-8-12(13)3/h4-10H,1,3H2,2H3/b11-7-,13-10-. The smallest absolute Gasteiger partial charge is 0.0187 e. The van der Waals surface area contributed by atoms with Crippen molar-refractivity contribution in [3.63, 3.8) is 0 Å². The number of hydrogen-bond donors (Lipinski definition) is 0. The Balaban J connectivity index is 3.22. The minimum atomic E-state index is 1.05. The molecule has 0 N–H and O–H groups in total. The van der Waals surface area contributed by atoms with Gasteiger partial charge in [-0.2, -0.15) is 0 Å². The van der Waals surface area contributed by atoms with Crippen molar-refractivity contribution in [3.8, 4) is 0 Å². The van der Waals surface area contributed by atoms with Gasteiger partial charge in [-0.15, -0.1) is 0 Å². The van der Waals surface area contributed by atoms with Crippen LogP contribution in [0.5, 0.6) is 0 Å². The molecule has 0 aliphatic heterocycles. The fourth-order valence-corrected chi connectivity index (χ4v) is 1.15. The summed E-state index contributed by atoms with van der Waals surface area (Å²) in [6, 6.07) is 8.07. The van der Waals surface area contributed by atoms with Gasteiger partial charge in [-0.05, 0) is 17.4 Å². The van der Waals surface area contributed by atoms with Crippen molar-refractivity contribution >= 4 is 12.7 Å². The van der Waals surface area contributed by atoms with Crippen LogP contribution < -0.4 is 10.4 Å². The normalized spacial score (nSPS) is 13.0. The Hall–Kier alpha value is -1.56. The molecule has 0 heterocycles. The van der Waals surface area contributed by atoms with E-state index in [0.717, 1.165) is 10.4 Å². The van der Waals surface area contributed by atoms with Crippen LogP contribution in [0.15, 0.2) is 48.6 Å². The van der Waals surface area contributed by atoms with E-state index >= 15 is 0 Å². The zero-order valence-electron chi connectivity index (χ0n) is 7.96. The maximum absolute atomic E-state index is 3.95. The lowest BCUT2D eigenvalue weighted by Gasteiger charge is -1.90. The molecule has 0 unspecified atom stereocenters. The highest BCUT2D eigenvalue weighted by Gasteiger charge is 1.82. The van der Waals surface area contributed by atoms with E-state index in [1.54, 1.807) is 6.08 Å². The van der Waals surface area contributed by atoms with Crippen molar-refractivity contribution in [2.45, 2.75) is 6.92 Å². The Morgan fingerprint density at radius 1 is 1.31 bits per heavy atom. The quantitative estimate of drug-likeness (QED) is 0.596. The minimum Gasteiger partial charge on any atom is -0.0991 e. The molecule has 1 rings (SSSR count). The minimum absolute atomic E-state index is 1.05. The number of rotatable bonds is 2. The summed E-state index contributed by atoms with van der Waals surface area (Å²) in [6.07, 6.45) is 5.87.